The van der Waals surface area contributed by atoms with Crippen LogP contribution in [0.1, 0.15) is 25.7 Å². The molecule has 2 amide bonds. The predicted octanol–water partition coefficient (Wildman–Crippen LogP) is 2.08. The van der Waals surface area contributed by atoms with Gasteiger partial charge in [-0.1, -0.05) is 6.07 Å². The van der Waals surface area contributed by atoms with Crippen LogP contribution in [0.5, 0.6) is 0 Å². The van der Waals surface area contributed by atoms with Gasteiger partial charge in [0.05, 0.1) is 4.92 Å². The second kappa shape index (κ2) is 5.33. The average molecular weight is 290 g/mol. The minimum absolute atomic E-state index is 0.0311. The Morgan fingerprint density at radius 3 is 2.62 bits per heavy atom. The summed E-state index contributed by atoms with van der Waals surface area (Å²) in [4.78, 5) is 24.6. The molecule has 0 saturated carbocycles. The van der Waals surface area contributed by atoms with Crippen molar-refractivity contribution < 1.29 is 9.72 Å². The van der Waals surface area contributed by atoms with Crippen LogP contribution in [0, 0.1) is 10.1 Å². The van der Waals surface area contributed by atoms with Gasteiger partial charge in [-0.2, -0.15) is 0 Å². The van der Waals surface area contributed by atoms with E-state index in [-0.39, 0.29) is 29.8 Å². The zero-order valence-corrected chi connectivity index (χ0v) is 11.6. The molecule has 0 spiro atoms. The Balaban J connectivity index is 1.72. The Hall–Kier alpha value is -2.15. The van der Waals surface area contributed by atoms with Gasteiger partial charge in [0.1, 0.15) is 0 Å². The lowest BCUT2D eigenvalue weighted by atomic mass is 9.99. The van der Waals surface area contributed by atoms with Crippen LogP contribution in [-0.4, -0.2) is 34.0 Å². The molecule has 112 valence electrons. The topological polar surface area (TPSA) is 102 Å². The summed E-state index contributed by atoms with van der Waals surface area (Å²) in [5, 5.41) is 13.5. The van der Waals surface area contributed by atoms with E-state index in [0.29, 0.717) is 5.69 Å². The van der Waals surface area contributed by atoms with Gasteiger partial charge in [-0.15, -0.1) is 0 Å². The number of piperidine rings is 1. The molecule has 3 rings (SSSR count). The van der Waals surface area contributed by atoms with E-state index < -0.39 is 4.92 Å². The molecular formula is C14H18N4O3. The second-order valence-corrected chi connectivity index (χ2v) is 5.76. The molecule has 2 fully saturated rings. The highest BCUT2D eigenvalue weighted by Crippen LogP contribution is 2.35. The normalized spacial score (nSPS) is 27.5. The molecule has 0 aliphatic carbocycles. The van der Waals surface area contributed by atoms with Gasteiger partial charge >= 0.3 is 6.03 Å². The van der Waals surface area contributed by atoms with E-state index >= 15 is 0 Å². The van der Waals surface area contributed by atoms with E-state index in [9.17, 15) is 14.9 Å². The molecule has 21 heavy (non-hydrogen) atoms. The van der Waals surface area contributed by atoms with Gasteiger partial charge < -0.3 is 16.0 Å². The number of hydrogen-bond acceptors (Lipinski definition) is 4. The molecule has 2 bridgehead atoms. The third kappa shape index (κ3) is 2.69. The van der Waals surface area contributed by atoms with E-state index in [4.69, 9.17) is 5.73 Å². The van der Waals surface area contributed by atoms with E-state index in [0.717, 1.165) is 25.7 Å². The number of nitrogens with zero attached hydrogens (tertiary/aromatic N) is 2. The average Bonchev–Trinajstić information content (AvgIpc) is 2.71. The predicted molar refractivity (Wildman–Crippen MR) is 78.0 cm³/mol. The van der Waals surface area contributed by atoms with Crippen molar-refractivity contribution in [3.63, 3.8) is 0 Å². The van der Waals surface area contributed by atoms with Crippen molar-refractivity contribution in [2.45, 2.75) is 43.8 Å². The third-order valence-corrected chi connectivity index (χ3v) is 4.31. The lowest BCUT2D eigenvalue weighted by Crippen LogP contribution is -2.51. The molecule has 2 saturated heterocycles. The highest BCUT2D eigenvalue weighted by molar-refractivity contribution is 5.90. The Bertz CT molecular complexity index is 563. The number of rotatable bonds is 2. The van der Waals surface area contributed by atoms with Crippen molar-refractivity contribution >= 4 is 17.4 Å². The molecule has 7 nitrogen and oxygen atoms in total. The maximum Gasteiger partial charge on any atom is 0.322 e. The summed E-state index contributed by atoms with van der Waals surface area (Å²) in [7, 11) is 0. The fourth-order valence-electron chi connectivity index (χ4n) is 3.44. The molecule has 0 aromatic heterocycles. The van der Waals surface area contributed by atoms with Crippen LogP contribution >= 0.6 is 0 Å². The fraction of sp³-hybridized carbons (Fsp3) is 0.500. The minimum atomic E-state index is -0.473. The number of benzene rings is 1. The van der Waals surface area contributed by atoms with Crippen molar-refractivity contribution in [3.8, 4) is 0 Å². The fourth-order valence-corrected chi connectivity index (χ4v) is 3.44. The lowest BCUT2D eigenvalue weighted by Gasteiger charge is -2.37. The molecule has 2 aliphatic rings. The van der Waals surface area contributed by atoms with Gasteiger partial charge in [0.25, 0.3) is 5.69 Å². The summed E-state index contributed by atoms with van der Waals surface area (Å²) in [6, 6.07) is 6.36. The maximum atomic E-state index is 12.4. The van der Waals surface area contributed by atoms with Crippen LogP contribution in [0.3, 0.4) is 0 Å². The van der Waals surface area contributed by atoms with Crippen molar-refractivity contribution in [1.29, 1.82) is 0 Å². The molecule has 0 radical (unpaired) electrons. The van der Waals surface area contributed by atoms with Crippen LogP contribution in [0.15, 0.2) is 24.3 Å². The Kier molecular flexibility index (Phi) is 3.50. The van der Waals surface area contributed by atoms with Gasteiger partial charge in [-0.3, -0.25) is 10.1 Å². The quantitative estimate of drug-likeness (QED) is 0.643. The number of carbonyl (C=O) groups is 1. The molecular weight excluding hydrogens is 272 g/mol. The summed E-state index contributed by atoms with van der Waals surface area (Å²) >= 11 is 0. The van der Waals surface area contributed by atoms with E-state index in [1.54, 1.807) is 12.1 Å². The van der Waals surface area contributed by atoms with Crippen LogP contribution < -0.4 is 11.1 Å². The molecule has 1 aromatic rings. The highest BCUT2D eigenvalue weighted by Gasteiger charge is 2.42. The molecule has 2 heterocycles. The molecule has 2 unspecified atom stereocenters. The summed E-state index contributed by atoms with van der Waals surface area (Å²) in [5.74, 6) is 0. The Labute approximate surface area is 122 Å². The summed E-state index contributed by atoms with van der Waals surface area (Å²) < 4.78 is 0. The van der Waals surface area contributed by atoms with Gasteiger partial charge in [0, 0.05) is 35.9 Å². The largest absolute Gasteiger partial charge is 0.328 e. The Morgan fingerprint density at radius 2 is 2.00 bits per heavy atom. The number of nitro groups is 1. The van der Waals surface area contributed by atoms with Crippen molar-refractivity contribution in [2.24, 2.45) is 5.73 Å². The minimum Gasteiger partial charge on any atom is -0.328 e. The maximum absolute atomic E-state index is 12.4. The van der Waals surface area contributed by atoms with E-state index in [1.165, 1.54) is 12.1 Å². The second-order valence-electron chi connectivity index (χ2n) is 5.76. The molecule has 1 aromatic carbocycles. The summed E-state index contributed by atoms with van der Waals surface area (Å²) in [5.41, 5.74) is 6.41. The zero-order valence-electron chi connectivity index (χ0n) is 11.6. The first-order valence-corrected chi connectivity index (χ1v) is 7.14. The number of fused-ring (bicyclic) bond motifs is 2. The molecule has 2 atom stereocenters. The van der Waals surface area contributed by atoms with Gasteiger partial charge in [0.15, 0.2) is 0 Å². The third-order valence-electron chi connectivity index (χ3n) is 4.31. The van der Waals surface area contributed by atoms with E-state index in [2.05, 4.69) is 5.32 Å². The monoisotopic (exact) mass is 290 g/mol. The summed E-state index contributed by atoms with van der Waals surface area (Å²) in [6.07, 6.45) is 3.64. The van der Waals surface area contributed by atoms with Crippen LogP contribution in [0.25, 0.3) is 0 Å². The number of carbonyl (C=O) groups excluding carboxylic acids is 1. The lowest BCUT2D eigenvalue weighted by molar-refractivity contribution is -0.384. The number of nitro benzene ring substituents is 1. The van der Waals surface area contributed by atoms with Crippen molar-refractivity contribution in [2.75, 3.05) is 5.32 Å². The van der Waals surface area contributed by atoms with Gasteiger partial charge in [-0.05, 0) is 31.7 Å². The first-order valence-electron chi connectivity index (χ1n) is 7.14. The number of amides is 2. The number of urea groups is 1. The summed E-state index contributed by atoms with van der Waals surface area (Å²) in [6.45, 7) is 0. The van der Waals surface area contributed by atoms with Crippen LogP contribution in [-0.2, 0) is 0 Å². The number of non-ortho nitro benzene ring substituents is 1. The highest BCUT2D eigenvalue weighted by atomic mass is 16.6. The van der Waals surface area contributed by atoms with Crippen LogP contribution in [0.2, 0.25) is 0 Å². The molecule has 7 heteroatoms. The van der Waals surface area contributed by atoms with Crippen LogP contribution in [0.4, 0.5) is 16.2 Å². The van der Waals surface area contributed by atoms with E-state index in [1.807, 2.05) is 4.90 Å². The smallest absolute Gasteiger partial charge is 0.322 e. The van der Waals surface area contributed by atoms with Gasteiger partial charge in [-0.25, -0.2) is 4.79 Å². The standard InChI is InChI=1S/C14H18N4O3/c15-9-6-11-4-5-12(7-9)17(11)14(19)16-10-2-1-3-13(8-10)18(20)21/h1-3,8-9,11-12H,4-7,15H2,(H,16,19). The first kappa shape index (κ1) is 13.8. The number of nitrogens with two attached hydrogens (primary N) is 1. The SMILES string of the molecule is NC1CC2CCC(C1)N2C(=O)Nc1cccc([N+](=O)[O-])c1. The first-order chi connectivity index (χ1) is 10.0. The molecule has 2 aliphatic heterocycles. The number of anilines is 1. The Morgan fingerprint density at radius 1 is 1.33 bits per heavy atom. The van der Waals surface area contributed by atoms with Crippen molar-refractivity contribution in [3.05, 3.63) is 34.4 Å². The van der Waals surface area contributed by atoms with Gasteiger partial charge in [0.2, 0.25) is 0 Å². The zero-order chi connectivity index (χ0) is 15.0. The number of hydrogen-bond donors (Lipinski definition) is 2. The number of nitrogens with one attached hydrogen (secondary N) is 1. The molecule has 3 N–H and O–H groups in total. The van der Waals surface area contributed by atoms with Crippen molar-refractivity contribution in [1.82, 2.24) is 4.90 Å².